The Morgan fingerprint density at radius 2 is 1.56 bits per heavy atom. The zero-order valence-electron chi connectivity index (χ0n) is 28.8. The minimum Gasteiger partial charge on any atom is -0.487 e. The number of amides is 1. The number of alkyl halides is 6. The molecule has 0 spiro atoms. The summed E-state index contributed by atoms with van der Waals surface area (Å²) >= 11 is 0. The standard InChI is InChI=1S/C34H34F3N5O5S.C2HF3O2/c35-34(36,37)31-12-13-32(40-39-31)47-27-9-6-24(7-10-27)25-15-18-42(19-16-25)33(43)26-8-11-30(46-28-14-17-38-21-28)29(20-26)41-48(44,45)22-23-4-2-1-3-5-23;3-2(4,5)1(6)7/h1-13,20,25,28,38,41H,14-19,21-22H2;(H,6,7)/t28-;/m1./s1. The number of nitrogens with zero attached hydrogens (tertiary/aromatic N) is 3. The smallest absolute Gasteiger partial charge is 0.487 e. The maximum absolute atomic E-state index is 13.6. The lowest BCUT2D eigenvalue weighted by Gasteiger charge is -2.32. The van der Waals surface area contributed by atoms with Crippen molar-refractivity contribution in [2.24, 2.45) is 0 Å². The van der Waals surface area contributed by atoms with E-state index >= 15 is 0 Å². The van der Waals surface area contributed by atoms with Crippen LogP contribution in [-0.2, 0) is 26.7 Å². The molecule has 6 rings (SSSR count). The summed E-state index contributed by atoms with van der Waals surface area (Å²) in [5.74, 6) is -2.27. The predicted octanol–water partition coefficient (Wildman–Crippen LogP) is 6.62. The number of ether oxygens (including phenoxy) is 2. The Balaban J connectivity index is 0.000000757. The lowest BCUT2D eigenvalue weighted by Crippen LogP contribution is -2.38. The number of sulfonamides is 1. The van der Waals surface area contributed by atoms with E-state index in [4.69, 9.17) is 19.4 Å². The van der Waals surface area contributed by atoms with Crippen LogP contribution < -0.4 is 19.5 Å². The largest absolute Gasteiger partial charge is 0.490 e. The van der Waals surface area contributed by atoms with Gasteiger partial charge in [0.1, 0.15) is 17.6 Å². The summed E-state index contributed by atoms with van der Waals surface area (Å²) in [6.45, 7) is 2.46. The molecular weight excluding hydrogens is 760 g/mol. The molecule has 55 heavy (non-hydrogen) atoms. The van der Waals surface area contributed by atoms with Gasteiger partial charge in [-0.3, -0.25) is 9.52 Å². The number of hydrogen-bond donors (Lipinski definition) is 3. The number of carbonyl (C=O) groups excluding carboxylic acids is 1. The van der Waals surface area contributed by atoms with Gasteiger partial charge in [0.25, 0.3) is 5.91 Å². The summed E-state index contributed by atoms with van der Waals surface area (Å²) in [6, 6.07) is 22.9. The second-order valence-electron chi connectivity index (χ2n) is 12.6. The molecule has 294 valence electrons. The molecule has 2 aliphatic heterocycles. The lowest BCUT2D eigenvalue weighted by molar-refractivity contribution is -0.192. The highest BCUT2D eigenvalue weighted by Gasteiger charge is 2.38. The Morgan fingerprint density at radius 3 is 2.13 bits per heavy atom. The second-order valence-corrected chi connectivity index (χ2v) is 14.3. The average Bonchev–Trinajstić information content (AvgIpc) is 3.65. The van der Waals surface area contributed by atoms with Crippen LogP contribution in [0.2, 0.25) is 0 Å². The number of nitrogens with one attached hydrogen (secondary N) is 2. The van der Waals surface area contributed by atoms with Gasteiger partial charge in [-0.2, -0.15) is 26.3 Å². The van der Waals surface area contributed by atoms with Gasteiger partial charge in [-0.1, -0.05) is 42.5 Å². The molecule has 0 unspecified atom stereocenters. The van der Waals surface area contributed by atoms with Crippen molar-refractivity contribution < 1.29 is 58.9 Å². The van der Waals surface area contributed by atoms with Crippen LogP contribution in [-0.4, -0.2) is 79.0 Å². The van der Waals surface area contributed by atoms with Crippen molar-refractivity contribution in [2.75, 3.05) is 30.9 Å². The molecule has 0 bridgehead atoms. The third kappa shape index (κ3) is 11.8. The quantitative estimate of drug-likeness (QED) is 0.149. The van der Waals surface area contributed by atoms with Gasteiger partial charge in [-0.25, -0.2) is 13.2 Å². The Kier molecular flexibility index (Phi) is 12.9. The molecule has 4 aromatic rings. The number of carboxylic acid groups (broad SMARTS) is 1. The lowest BCUT2D eigenvalue weighted by atomic mass is 9.89. The maximum Gasteiger partial charge on any atom is 0.490 e. The number of carboxylic acids is 1. The van der Waals surface area contributed by atoms with E-state index in [-0.39, 0.29) is 35.2 Å². The fourth-order valence-corrected chi connectivity index (χ4v) is 7.00. The van der Waals surface area contributed by atoms with E-state index in [1.807, 2.05) is 18.2 Å². The van der Waals surface area contributed by atoms with Crippen molar-refractivity contribution >= 4 is 27.6 Å². The molecule has 2 aliphatic rings. The topological polar surface area (TPSA) is 160 Å². The highest BCUT2D eigenvalue weighted by molar-refractivity contribution is 7.91. The van der Waals surface area contributed by atoms with E-state index in [2.05, 4.69) is 20.2 Å². The highest BCUT2D eigenvalue weighted by Crippen LogP contribution is 2.34. The summed E-state index contributed by atoms with van der Waals surface area (Å²) in [5, 5.41) is 17.0. The molecule has 12 nitrogen and oxygen atoms in total. The number of benzene rings is 3. The van der Waals surface area contributed by atoms with Crippen LogP contribution in [0.25, 0.3) is 0 Å². The highest BCUT2D eigenvalue weighted by atomic mass is 32.2. The fraction of sp³-hybridized carbons (Fsp3) is 0.333. The number of aliphatic carboxylic acids is 1. The summed E-state index contributed by atoms with van der Waals surface area (Å²) in [7, 11) is -3.80. The molecule has 1 amide bonds. The Bertz CT molecular complexity index is 2020. The van der Waals surface area contributed by atoms with E-state index in [0.717, 1.165) is 30.7 Å². The van der Waals surface area contributed by atoms with Crippen molar-refractivity contribution in [3.8, 4) is 17.4 Å². The van der Waals surface area contributed by atoms with Gasteiger partial charge >= 0.3 is 18.3 Å². The maximum atomic E-state index is 13.6. The normalized spacial score (nSPS) is 16.5. The van der Waals surface area contributed by atoms with E-state index in [9.17, 15) is 39.6 Å². The molecule has 3 N–H and O–H groups in total. The van der Waals surface area contributed by atoms with Gasteiger partial charge in [-0.05, 0) is 79.3 Å². The second kappa shape index (κ2) is 17.4. The van der Waals surface area contributed by atoms with Gasteiger partial charge in [0.05, 0.1) is 11.4 Å². The number of likely N-dealkylation sites (tertiary alicyclic amines) is 1. The number of hydrogen-bond acceptors (Lipinski definition) is 9. The molecule has 3 aromatic carbocycles. The number of aromatic nitrogens is 2. The number of carbonyl (C=O) groups is 2. The summed E-state index contributed by atoms with van der Waals surface area (Å²) in [6.07, 6.45) is -7.56. The van der Waals surface area contributed by atoms with Crippen molar-refractivity contribution in [1.29, 1.82) is 0 Å². The first-order chi connectivity index (χ1) is 26.0. The Morgan fingerprint density at radius 1 is 0.891 bits per heavy atom. The monoisotopic (exact) mass is 795 g/mol. The first kappa shape index (κ1) is 40.7. The van der Waals surface area contributed by atoms with E-state index in [1.54, 1.807) is 59.5 Å². The predicted molar refractivity (Wildman–Crippen MR) is 186 cm³/mol. The van der Waals surface area contributed by atoms with Crippen LogP contribution in [0.3, 0.4) is 0 Å². The van der Waals surface area contributed by atoms with Crippen LogP contribution in [0.1, 0.15) is 52.4 Å². The molecule has 0 aliphatic carbocycles. The Labute approximate surface area is 311 Å². The van der Waals surface area contributed by atoms with Crippen LogP contribution in [0.5, 0.6) is 17.4 Å². The number of rotatable bonds is 10. The van der Waals surface area contributed by atoms with Crippen LogP contribution >= 0.6 is 0 Å². The van der Waals surface area contributed by atoms with Crippen molar-refractivity contribution in [2.45, 2.75) is 49.4 Å². The SMILES string of the molecule is O=C(O)C(F)(F)F.O=C(c1ccc(O[C@@H]2CCNC2)c(NS(=O)(=O)Cc2ccccc2)c1)N1CCC(c2ccc(Oc3ccc(C(F)(F)F)nn3)cc2)CC1. The molecule has 1 aromatic heterocycles. The molecule has 0 saturated carbocycles. The van der Waals surface area contributed by atoms with Gasteiger partial charge in [-0.15, -0.1) is 10.2 Å². The summed E-state index contributed by atoms with van der Waals surface area (Å²) < 4.78 is 111. The first-order valence-corrected chi connectivity index (χ1v) is 18.5. The van der Waals surface area contributed by atoms with E-state index < -0.39 is 34.0 Å². The van der Waals surface area contributed by atoms with Crippen LogP contribution in [0, 0.1) is 0 Å². The summed E-state index contributed by atoms with van der Waals surface area (Å²) in [5.41, 5.74) is 1.17. The number of piperidine rings is 1. The number of halogens is 6. The van der Waals surface area contributed by atoms with Gasteiger partial charge in [0.2, 0.25) is 15.9 Å². The molecule has 2 fully saturated rings. The van der Waals surface area contributed by atoms with E-state index in [1.165, 1.54) is 0 Å². The average molecular weight is 796 g/mol. The van der Waals surface area contributed by atoms with E-state index in [0.29, 0.717) is 55.1 Å². The summed E-state index contributed by atoms with van der Waals surface area (Å²) in [4.78, 5) is 24.3. The molecule has 2 saturated heterocycles. The van der Waals surface area contributed by atoms with Crippen molar-refractivity contribution in [3.05, 3.63) is 107 Å². The van der Waals surface area contributed by atoms with Crippen LogP contribution in [0.4, 0.5) is 32.0 Å². The molecule has 19 heteroatoms. The molecule has 0 radical (unpaired) electrons. The number of anilines is 1. The zero-order chi connectivity index (χ0) is 39.8. The first-order valence-electron chi connectivity index (χ1n) is 16.8. The van der Waals surface area contributed by atoms with Gasteiger partial charge in [0.15, 0.2) is 5.69 Å². The van der Waals surface area contributed by atoms with Crippen LogP contribution in [0.15, 0.2) is 84.9 Å². The minimum absolute atomic E-state index is 0.0511. The molecule has 1 atom stereocenters. The third-order valence-electron chi connectivity index (χ3n) is 8.53. The zero-order valence-corrected chi connectivity index (χ0v) is 29.6. The minimum atomic E-state index is -5.08. The van der Waals surface area contributed by atoms with Gasteiger partial charge < -0.3 is 24.8 Å². The third-order valence-corrected chi connectivity index (χ3v) is 9.77. The van der Waals surface area contributed by atoms with Gasteiger partial charge in [0, 0.05) is 31.3 Å². The molecular formula is C36H35F6N5O7S. The van der Waals surface area contributed by atoms with Crippen molar-refractivity contribution in [3.63, 3.8) is 0 Å². The van der Waals surface area contributed by atoms with Crippen molar-refractivity contribution in [1.82, 2.24) is 20.4 Å². The Hall–Kier alpha value is -5.43. The molecule has 3 heterocycles. The fourth-order valence-electron chi connectivity index (χ4n) is 5.80.